The molecule has 0 aliphatic heterocycles. The highest BCUT2D eigenvalue weighted by Crippen LogP contribution is 2.65. The van der Waals surface area contributed by atoms with Crippen LogP contribution in [0.4, 0.5) is 5.69 Å². The highest BCUT2D eigenvalue weighted by molar-refractivity contribution is 6.54. The number of anilines is 1. The average Bonchev–Trinajstić information content (AvgIpc) is 3.13. The zero-order valence-electron chi connectivity index (χ0n) is 12.8. The van der Waals surface area contributed by atoms with Crippen molar-refractivity contribution in [2.24, 2.45) is 0 Å². The lowest BCUT2D eigenvalue weighted by Gasteiger charge is -2.14. The molecule has 0 saturated heterocycles. The molecular weight excluding hydrogens is 349 g/mol. The number of nitrogens with one attached hydrogen (secondary N) is 1. The molecule has 1 aliphatic rings. The van der Waals surface area contributed by atoms with Gasteiger partial charge in [0, 0.05) is 17.7 Å². The molecule has 1 atom stereocenters. The van der Waals surface area contributed by atoms with Gasteiger partial charge in [-0.15, -0.1) is 0 Å². The molecule has 0 spiro atoms. The third kappa shape index (κ3) is 2.76. The van der Waals surface area contributed by atoms with Crippen LogP contribution in [0.15, 0.2) is 48.5 Å². The number of carboxylic acids is 1. The van der Waals surface area contributed by atoms with E-state index in [0.717, 1.165) is 5.56 Å². The molecule has 0 aromatic heterocycles. The normalized spacial score (nSPS) is 21.1. The van der Waals surface area contributed by atoms with Crippen molar-refractivity contribution in [2.75, 3.05) is 5.32 Å². The summed E-state index contributed by atoms with van der Waals surface area (Å²) in [6.07, 6.45) is 0.160. The van der Waals surface area contributed by atoms with Crippen LogP contribution in [0.3, 0.4) is 0 Å². The van der Waals surface area contributed by atoms with Gasteiger partial charge in [0.05, 0.1) is 0 Å². The van der Waals surface area contributed by atoms with E-state index in [2.05, 4.69) is 5.32 Å². The van der Waals surface area contributed by atoms with Crippen molar-refractivity contribution in [1.29, 1.82) is 0 Å². The van der Waals surface area contributed by atoms with Gasteiger partial charge in [0.1, 0.15) is 9.75 Å². The van der Waals surface area contributed by atoms with Crippen molar-refractivity contribution in [2.45, 2.75) is 23.1 Å². The number of aryl methyl sites for hydroxylation is 1. The second-order valence-corrected chi connectivity index (χ2v) is 7.47. The molecule has 1 amide bonds. The quantitative estimate of drug-likeness (QED) is 0.801. The molecule has 1 fully saturated rings. The molecule has 0 radical (unpaired) electrons. The predicted octanol–water partition coefficient (Wildman–Crippen LogP) is 4.15. The maximum atomic E-state index is 12.2. The topological polar surface area (TPSA) is 66.4 Å². The first-order valence-electron chi connectivity index (χ1n) is 7.36. The van der Waals surface area contributed by atoms with Crippen LogP contribution in [-0.4, -0.2) is 21.3 Å². The molecule has 0 heterocycles. The van der Waals surface area contributed by atoms with Crippen molar-refractivity contribution >= 4 is 40.8 Å². The Bertz CT molecular complexity index is 800. The Morgan fingerprint density at radius 3 is 2.04 bits per heavy atom. The second-order valence-electron chi connectivity index (χ2n) is 5.99. The van der Waals surface area contributed by atoms with E-state index >= 15 is 0 Å². The molecule has 1 saturated carbocycles. The van der Waals surface area contributed by atoms with E-state index in [1.807, 2.05) is 19.1 Å². The van der Waals surface area contributed by atoms with Gasteiger partial charge < -0.3 is 10.4 Å². The highest BCUT2D eigenvalue weighted by Gasteiger charge is 2.72. The third-order valence-corrected chi connectivity index (χ3v) is 5.21. The van der Waals surface area contributed by atoms with Gasteiger partial charge >= 0.3 is 5.97 Å². The number of alkyl halides is 2. The second kappa shape index (κ2) is 5.80. The number of benzene rings is 2. The van der Waals surface area contributed by atoms with Crippen LogP contribution in [0.1, 0.15) is 27.9 Å². The molecule has 1 aliphatic carbocycles. The van der Waals surface area contributed by atoms with Crippen LogP contribution >= 0.6 is 23.2 Å². The summed E-state index contributed by atoms with van der Waals surface area (Å²) in [5.41, 5.74) is 1.43. The third-order valence-electron chi connectivity index (χ3n) is 4.30. The van der Waals surface area contributed by atoms with Gasteiger partial charge in [-0.1, -0.05) is 53.0 Å². The summed E-state index contributed by atoms with van der Waals surface area (Å²) >= 11 is 12.1. The molecule has 3 rings (SSSR count). The molecule has 2 N–H and O–H groups in total. The fourth-order valence-corrected chi connectivity index (χ4v) is 3.48. The average molecular weight is 364 g/mol. The van der Waals surface area contributed by atoms with Crippen LogP contribution in [0, 0.1) is 6.92 Å². The predicted molar refractivity (Wildman–Crippen MR) is 93.9 cm³/mol. The summed E-state index contributed by atoms with van der Waals surface area (Å²) in [4.78, 5) is 23.7. The van der Waals surface area contributed by atoms with Gasteiger partial charge in [-0.3, -0.25) is 9.59 Å². The first-order chi connectivity index (χ1) is 11.3. The highest BCUT2D eigenvalue weighted by atomic mass is 35.5. The summed E-state index contributed by atoms with van der Waals surface area (Å²) in [5.74, 6) is -1.28. The molecule has 24 heavy (non-hydrogen) atoms. The first-order valence-corrected chi connectivity index (χ1v) is 8.12. The number of hydrogen-bond acceptors (Lipinski definition) is 2. The zero-order valence-corrected chi connectivity index (χ0v) is 14.4. The SMILES string of the molecule is Cc1ccc(C(=O)Nc2ccc(C3(C(=O)O)CC3(Cl)Cl)cc2)cc1. The van der Waals surface area contributed by atoms with Crippen LogP contribution < -0.4 is 5.32 Å². The minimum atomic E-state index is -1.30. The van der Waals surface area contributed by atoms with E-state index in [4.69, 9.17) is 23.2 Å². The van der Waals surface area contributed by atoms with E-state index in [1.54, 1.807) is 36.4 Å². The number of rotatable bonds is 4. The monoisotopic (exact) mass is 363 g/mol. The van der Waals surface area contributed by atoms with E-state index in [9.17, 15) is 14.7 Å². The van der Waals surface area contributed by atoms with Crippen molar-refractivity contribution in [3.63, 3.8) is 0 Å². The Kier molecular flexibility index (Phi) is 4.06. The summed E-state index contributed by atoms with van der Waals surface area (Å²) in [6.45, 7) is 1.95. The van der Waals surface area contributed by atoms with Crippen molar-refractivity contribution in [1.82, 2.24) is 0 Å². The number of aliphatic carboxylic acids is 1. The zero-order chi connectivity index (χ0) is 17.5. The Morgan fingerprint density at radius 1 is 1.04 bits per heavy atom. The maximum Gasteiger partial charge on any atom is 0.317 e. The van der Waals surface area contributed by atoms with Crippen LogP contribution in [-0.2, 0) is 10.2 Å². The van der Waals surface area contributed by atoms with E-state index in [-0.39, 0.29) is 12.3 Å². The van der Waals surface area contributed by atoms with Gasteiger partial charge in [0.2, 0.25) is 0 Å². The van der Waals surface area contributed by atoms with E-state index < -0.39 is 15.7 Å². The molecule has 1 unspecified atom stereocenters. The first kappa shape index (κ1) is 16.8. The minimum absolute atomic E-state index is 0.160. The maximum absolute atomic E-state index is 12.2. The van der Waals surface area contributed by atoms with Crippen LogP contribution in [0.2, 0.25) is 0 Å². The van der Waals surface area contributed by atoms with E-state index in [0.29, 0.717) is 16.8 Å². The van der Waals surface area contributed by atoms with Crippen LogP contribution in [0.5, 0.6) is 0 Å². The number of hydrogen-bond donors (Lipinski definition) is 2. The van der Waals surface area contributed by atoms with E-state index in [1.165, 1.54) is 0 Å². The minimum Gasteiger partial charge on any atom is -0.480 e. The standard InChI is InChI=1S/C18H15Cl2NO3/c1-11-2-4-12(5-3-11)15(22)21-14-8-6-13(7-9-14)17(16(23)24)10-18(17,19)20/h2-9H,10H2,1H3,(H,21,22)(H,23,24). The summed E-state index contributed by atoms with van der Waals surface area (Å²) in [6, 6.07) is 13.8. The lowest BCUT2D eigenvalue weighted by atomic mass is 9.96. The van der Waals surface area contributed by atoms with Gasteiger partial charge in [-0.05, 0) is 36.8 Å². The lowest BCUT2D eigenvalue weighted by molar-refractivity contribution is -0.140. The number of amides is 1. The molecule has 0 bridgehead atoms. The Morgan fingerprint density at radius 2 is 1.58 bits per heavy atom. The fraction of sp³-hybridized carbons (Fsp3) is 0.222. The smallest absolute Gasteiger partial charge is 0.317 e. The summed E-state index contributed by atoms with van der Waals surface area (Å²) < 4.78 is -1.30. The Balaban J connectivity index is 1.77. The van der Waals surface area contributed by atoms with Gasteiger partial charge in [-0.2, -0.15) is 0 Å². The lowest BCUT2D eigenvalue weighted by Crippen LogP contribution is -2.26. The molecular formula is C18H15Cl2NO3. The number of carbonyl (C=O) groups is 2. The van der Waals surface area contributed by atoms with Crippen molar-refractivity contribution < 1.29 is 14.7 Å². The molecule has 6 heteroatoms. The van der Waals surface area contributed by atoms with Crippen molar-refractivity contribution in [3.05, 3.63) is 65.2 Å². The summed E-state index contributed by atoms with van der Waals surface area (Å²) in [7, 11) is 0. The largest absolute Gasteiger partial charge is 0.480 e. The molecule has 4 nitrogen and oxygen atoms in total. The summed E-state index contributed by atoms with van der Waals surface area (Å²) in [5, 5.41) is 12.2. The number of halogens is 2. The van der Waals surface area contributed by atoms with Crippen molar-refractivity contribution in [3.8, 4) is 0 Å². The Labute approximate surface area is 149 Å². The molecule has 2 aromatic rings. The number of carbonyl (C=O) groups excluding carboxylic acids is 1. The number of carboxylic acid groups (broad SMARTS) is 1. The van der Waals surface area contributed by atoms with Gasteiger partial charge in [-0.25, -0.2) is 0 Å². The van der Waals surface area contributed by atoms with Gasteiger partial charge in [0.25, 0.3) is 5.91 Å². The molecule has 2 aromatic carbocycles. The van der Waals surface area contributed by atoms with Gasteiger partial charge in [0.15, 0.2) is 0 Å². The Hall–Kier alpha value is -2.04. The fourth-order valence-electron chi connectivity index (χ4n) is 2.70. The molecule has 124 valence electrons. The van der Waals surface area contributed by atoms with Crippen LogP contribution in [0.25, 0.3) is 0 Å².